The van der Waals surface area contributed by atoms with Gasteiger partial charge in [0.05, 0.1) is 18.0 Å². The van der Waals surface area contributed by atoms with Crippen LogP contribution in [0.1, 0.15) is 32.6 Å². The Morgan fingerprint density at radius 3 is 3.00 bits per heavy atom. The van der Waals surface area contributed by atoms with Gasteiger partial charge in [-0.2, -0.15) is 5.26 Å². The Morgan fingerprint density at radius 2 is 2.47 bits per heavy atom. The van der Waals surface area contributed by atoms with E-state index in [2.05, 4.69) is 17.9 Å². The standard InChI is InChI=1S/C11H18N3O/c1-2-3-5-14-6-4-9(8-12)7-10(14)11(13)15/h10H,2-7H2,1H3,(H2,13,15). The van der Waals surface area contributed by atoms with E-state index in [1.165, 1.54) is 0 Å². The number of rotatable bonds is 4. The Hall–Kier alpha value is -1.08. The molecule has 0 saturated carbocycles. The summed E-state index contributed by atoms with van der Waals surface area (Å²) in [5.41, 5.74) is 5.34. The van der Waals surface area contributed by atoms with Crippen LogP contribution in [0.4, 0.5) is 0 Å². The molecule has 1 fully saturated rings. The van der Waals surface area contributed by atoms with Gasteiger partial charge in [0.15, 0.2) is 0 Å². The normalized spacial score (nSPS) is 23.6. The first-order valence-electron chi connectivity index (χ1n) is 5.47. The Bertz CT molecular complexity index is 259. The largest absolute Gasteiger partial charge is 0.368 e. The van der Waals surface area contributed by atoms with Crippen LogP contribution in [-0.2, 0) is 4.79 Å². The fraction of sp³-hybridized carbons (Fsp3) is 0.727. The van der Waals surface area contributed by atoms with E-state index < -0.39 is 0 Å². The second-order valence-corrected chi connectivity index (χ2v) is 3.98. The van der Waals surface area contributed by atoms with E-state index in [4.69, 9.17) is 11.0 Å². The maximum Gasteiger partial charge on any atom is 0.234 e. The lowest BCUT2D eigenvalue weighted by atomic mass is 9.91. The van der Waals surface area contributed by atoms with Crippen molar-refractivity contribution in [3.05, 3.63) is 5.92 Å². The maximum atomic E-state index is 11.2. The fourth-order valence-corrected chi connectivity index (χ4v) is 1.91. The van der Waals surface area contributed by atoms with Gasteiger partial charge in [0.25, 0.3) is 0 Å². The molecule has 0 spiro atoms. The SMILES string of the molecule is CCCCN1CC[C](C#N)CC1C(N)=O. The third kappa shape index (κ3) is 3.21. The quantitative estimate of drug-likeness (QED) is 0.744. The minimum Gasteiger partial charge on any atom is -0.368 e. The summed E-state index contributed by atoms with van der Waals surface area (Å²) < 4.78 is 0. The van der Waals surface area contributed by atoms with E-state index in [0.29, 0.717) is 6.42 Å². The number of hydrogen-bond acceptors (Lipinski definition) is 3. The number of carbonyl (C=O) groups is 1. The smallest absolute Gasteiger partial charge is 0.234 e. The van der Waals surface area contributed by atoms with Crippen LogP contribution < -0.4 is 5.73 Å². The van der Waals surface area contributed by atoms with Gasteiger partial charge in [0, 0.05) is 6.54 Å². The number of carbonyl (C=O) groups excluding carboxylic acids is 1. The molecule has 1 saturated heterocycles. The van der Waals surface area contributed by atoms with Crippen molar-refractivity contribution in [3.63, 3.8) is 0 Å². The van der Waals surface area contributed by atoms with E-state index in [-0.39, 0.29) is 11.9 Å². The van der Waals surface area contributed by atoms with Crippen LogP contribution >= 0.6 is 0 Å². The molecule has 15 heavy (non-hydrogen) atoms. The van der Waals surface area contributed by atoms with Crippen molar-refractivity contribution in [3.8, 4) is 6.07 Å². The lowest BCUT2D eigenvalue weighted by Gasteiger charge is -2.35. The molecule has 1 unspecified atom stereocenters. The van der Waals surface area contributed by atoms with E-state index in [9.17, 15) is 4.79 Å². The summed E-state index contributed by atoms with van der Waals surface area (Å²) in [7, 11) is 0. The van der Waals surface area contributed by atoms with Crippen molar-refractivity contribution in [1.82, 2.24) is 4.90 Å². The molecule has 1 atom stereocenters. The van der Waals surface area contributed by atoms with Gasteiger partial charge >= 0.3 is 0 Å². The molecule has 0 aromatic heterocycles. The molecule has 2 N–H and O–H groups in total. The Morgan fingerprint density at radius 1 is 1.73 bits per heavy atom. The maximum absolute atomic E-state index is 11.2. The van der Waals surface area contributed by atoms with Crippen LogP contribution in [0.3, 0.4) is 0 Å². The van der Waals surface area contributed by atoms with Gasteiger partial charge in [-0.15, -0.1) is 0 Å². The first-order valence-corrected chi connectivity index (χ1v) is 5.47. The molecule has 83 valence electrons. The minimum absolute atomic E-state index is 0.264. The monoisotopic (exact) mass is 208 g/mol. The highest BCUT2D eigenvalue weighted by Gasteiger charge is 2.31. The van der Waals surface area contributed by atoms with E-state index >= 15 is 0 Å². The molecule has 1 aliphatic rings. The average Bonchev–Trinajstić information content (AvgIpc) is 2.26. The molecule has 0 bridgehead atoms. The zero-order valence-corrected chi connectivity index (χ0v) is 9.20. The molecular formula is C11H18N3O. The molecule has 1 rings (SSSR count). The first kappa shape index (κ1) is 12.0. The van der Waals surface area contributed by atoms with E-state index in [1.807, 2.05) is 0 Å². The van der Waals surface area contributed by atoms with Crippen molar-refractivity contribution in [1.29, 1.82) is 5.26 Å². The lowest BCUT2D eigenvalue weighted by Crippen LogP contribution is -2.49. The van der Waals surface area contributed by atoms with E-state index in [1.54, 1.807) is 0 Å². The highest BCUT2D eigenvalue weighted by molar-refractivity contribution is 5.80. The number of nitriles is 1. The van der Waals surface area contributed by atoms with Crippen LogP contribution in [0.5, 0.6) is 0 Å². The zero-order valence-electron chi connectivity index (χ0n) is 9.20. The Labute approximate surface area is 91.0 Å². The summed E-state index contributed by atoms with van der Waals surface area (Å²) in [5, 5.41) is 8.80. The average molecular weight is 208 g/mol. The van der Waals surface area contributed by atoms with Crippen molar-refractivity contribution in [2.24, 2.45) is 5.73 Å². The highest BCUT2D eigenvalue weighted by atomic mass is 16.1. The number of amides is 1. The molecular weight excluding hydrogens is 190 g/mol. The number of piperidine rings is 1. The number of hydrogen-bond donors (Lipinski definition) is 1. The minimum atomic E-state index is -0.307. The molecule has 4 nitrogen and oxygen atoms in total. The second kappa shape index (κ2) is 5.72. The second-order valence-electron chi connectivity index (χ2n) is 3.98. The third-order valence-corrected chi connectivity index (χ3v) is 2.87. The van der Waals surface area contributed by atoms with Gasteiger partial charge in [-0.3, -0.25) is 9.69 Å². The molecule has 0 aliphatic carbocycles. The summed E-state index contributed by atoms with van der Waals surface area (Å²) in [4.78, 5) is 13.4. The summed E-state index contributed by atoms with van der Waals surface area (Å²) in [6, 6.07) is 1.88. The number of nitrogens with zero attached hydrogens (tertiary/aromatic N) is 2. The van der Waals surface area contributed by atoms with Crippen LogP contribution in [0.25, 0.3) is 0 Å². The molecule has 1 amide bonds. The van der Waals surface area contributed by atoms with E-state index in [0.717, 1.165) is 38.3 Å². The predicted octanol–water partition coefficient (Wildman–Crippen LogP) is 0.834. The van der Waals surface area contributed by atoms with Gasteiger partial charge in [-0.25, -0.2) is 0 Å². The van der Waals surface area contributed by atoms with Crippen molar-refractivity contribution in [2.75, 3.05) is 13.1 Å². The first-order chi connectivity index (χ1) is 7.19. The molecule has 1 aliphatic heterocycles. The van der Waals surface area contributed by atoms with Crippen molar-refractivity contribution < 1.29 is 4.79 Å². The third-order valence-electron chi connectivity index (χ3n) is 2.87. The zero-order chi connectivity index (χ0) is 11.3. The van der Waals surface area contributed by atoms with Crippen LogP contribution in [-0.4, -0.2) is 29.9 Å². The lowest BCUT2D eigenvalue weighted by molar-refractivity contribution is -0.124. The fourth-order valence-electron chi connectivity index (χ4n) is 1.91. The van der Waals surface area contributed by atoms with Gasteiger partial charge < -0.3 is 5.73 Å². The van der Waals surface area contributed by atoms with Crippen molar-refractivity contribution >= 4 is 5.91 Å². The topological polar surface area (TPSA) is 70.1 Å². The summed E-state index contributed by atoms with van der Waals surface area (Å²) >= 11 is 0. The van der Waals surface area contributed by atoms with Gasteiger partial charge in [-0.05, 0) is 25.8 Å². The molecule has 0 aromatic carbocycles. The van der Waals surface area contributed by atoms with Crippen LogP contribution in [0.15, 0.2) is 0 Å². The summed E-state index contributed by atoms with van der Waals surface area (Å²) in [6.07, 6.45) is 3.49. The van der Waals surface area contributed by atoms with Gasteiger partial charge in [0.1, 0.15) is 0 Å². The summed E-state index contributed by atoms with van der Waals surface area (Å²) in [6.45, 7) is 3.81. The van der Waals surface area contributed by atoms with Gasteiger partial charge in [0.2, 0.25) is 5.91 Å². The van der Waals surface area contributed by atoms with Crippen molar-refractivity contribution in [2.45, 2.75) is 38.6 Å². The summed E-state index contributed by atoms with van der Waals surface area (Å²) in [5.74, 6) is 0.491. The highest BCUT2D eigenvalue weighted by Crippen LogP contribution is 2.24. The molecule has 0 aromatic rings. The molecule has 4 heteroatoms. The number of primary amides is 1. The Balaban J connectivity index is 2.56. The van der Waals surface area contributed by atoms with Gasteiger partial charge in [-0.1, -0.05) is 13.3 Å². The molecule has 1 heterocycles. The Kier molecular flexibility index (Phi) is 4.57. The van der Waals surface area contributed by atoms with Crippen LogP contribution in [0.2, 0.25) is 0 Å². The predicted molar refractivity (Wildman–Crippen MR) is 57.6 cm³/mol. The number of likely N-dealkylation sites (tertiary alicyclic amines) is 1. The van der Waals surface area contributed by atoms with Crippen LogP contribution in [0, 0.1) is 17.2 Å². The number of unbranched alkanes of at least 4 members (excludes halogenated alkanes) is 1. The number of nitrogens with two attached hydrogens (primary N) is 1. The molecule has 1 radical (unpaired) electrons.